The van der Waals surface area contributed by atoms with Gasteiger partial charge in [0.05, 0.1) is 33.6 Å². The summed E-state index contributed by atoms with van der Waals surface area (Å²) in [5.41, 5.74) is 13.7. The van der Waals surface area contributed by atoms with Gasteiger partial charge in [-0.15, -0.1) is 0 Å². The molecule has 7 aromatic carbocycles. The van der Waals surface area contributed by atoms with E-state index in [0.29, 0.717) is 5.82 Å². The number of benzene rings is 7. The standard InChI is InChI=1S/C49H32N4/c1-4-14-35(15-5-1)43-32-44(36-16-6-2-7-17-36)52-49(51-43)38-26-24-33(25-27-38)34-28-30-39(31-29-34)53-45-23-13-11-21-41(45)46-47(37-18-8-3-9-19-37)50-42-22-12-10-20-40(42)48(46)53/h1-32H. The van der Waals surface area contributed by atoms with Gasteiger partial charge in [-0.3, -0.25) is 0 Å². The average molecular weight is 677 g/mol. The molecule has 0 N–H and O–H groups in total. The largest absolute Gasteiger partial charge is 0.308 e. The maximum absolute atomic E-state index is 5.23. The summed E-state index contributed by atoms with van der Waals surface area (Å²) in [7, 11) is 0. The van der Waals surface area contributed by atoms with Crippen LogP contribution in [0.2, 0.25) is 0 Å². The van der Waals surface area contributed by atoms with Crippen molar-refractivity contribution in [2.45, 2.75) is 0 Å². The molecule has 0 saturated carbocycles. The van der Waals surface area contributed by atoms with Crippen LogP contribution in [0.5, 0.6) is 0 Å². The van der Waals surface area contributed by atoms with Gasteiger partial charge in [-0.25, -0.2) is 15.0 Å². The number of aromatic nitrogens is 4. The maximum atomic E-state index is 5.23. The lowest BCUT2D eigenvalue weighted by atomic mass is 10.0. The van der Waals surface area contributed by atoms with Crippen LogP contribution in [-0.2, 0) is 0 Å². The van der Waals surface area contributed by atoms with Crippen molar-refractivity contribution in [1.29, 1.82) is 0 Å². The van der Waals surface area contributed by atoms with Crippen molar-refractivity contribution < 1.29 is 0 Å². The van der Waals surface area contributed by atoms with Crippen molar-refractivity contribution in [1.82, 2.24) is 19.5 Å². The molecule has 10 aromatic rings. The molecule has 10 rings (SSSR count). The fraction of sp³-hybridized carbons (Fsp3) is 0. The van der Waals surface area contributed by atoms with Crippen LogP contribution in [0.3, 0.4) is 0 Å². The van der Waals surface area contributed by atoms with E-state index in [1.54, 1.807) is 0 Å². The van der Waals surface area contributed by atoms with Crippen molar-refractivity contribution in [2.24, 2.45) is 0 Å². The molecular formula is C49H32N4. The van der Waals surface area contributed by atoms with E-state index in [9.17, 15) is 0 Å². The molecule has 3 aromatic heterocycles. The Balaban J connectivity index is 1.06. The third kappa shape index (κ3) is 5.45. The van der Waals surface area contributed by atoms with Crippen LogP contribution in [0.15, 0.2) is 194 Å². The number of hydrogen-bond acceptors (Lipinski definition) is 3. The summed E-state index contributed by atoms with van der Waals surface area (Å²) in [4.78, 5) is 15.3. The number of pyridine rings is 1. The van der Waals surface area contributed by atoms with Crippen LogP contribution in [0.4, 0.5) is 0 Å². The van der Waals surface area contributed by atoms with E-state index in [-0.39, 0.29) is 0 Å². The molecule has 0 aliphatic heterocycles. The molecule has 0 bridgehead atoms. The second-order valence-electron chi connectivity index (χ2n) is 13.2. The van der Waals surface area contributed by atoms with Gasteiger partial charge < -0.3 is 4.57 Å². The molecule has 3 heterocycles. The minimum Gasteiger partial charge on any atom is -0.308 e. The van der Waals surface area contributed by atoms with Crippen LogP contribution in [0, 0.1) is 0 Å². The first-order valence-corrected chi connectivity index (χ1v) is 17.9. The molecule has 0 fully saturated rings. The quantitative estimate of drug-likeness (QED) is 0.176. The number of rotatable bonds is 6. The third-order valence-electron chi connectivity index (χ3n) is 10.0. The van der Waals surface area contributed by atoms with Gasteiger partial charge in [-0.1, -0.05) is 164 Å². The second kappa shape index (κ2) is 12.9. The Morgan fingerprint density at radius 3 is 1.47 bits per heavy atom. The Kier molecular flexibility index (Phi) is 7.43. The topological polar surface area (TPSA) is 43.6 Å². The highest BCUT2D eigenvalue weighted by Crippen LogP contribution is 2.41. The summed E-state index contributed by atoms with van der Waals surface area (Å²) in [6.07, 6.45) is 0. The van der Waals surface area contributed by atoms with Gasteiger partial charge in [-0.2, -0.15) is 0 Å². The van der Waals surface area contributed by atoms with Crippen LogP contribution < -0.4 is 0 Å². The molecule has 0 radical (unpaired) electrons. The van der Waals surface area contributed by atoms with E-state index >= 15 is 0 Å². The minimum absolute atomic E-state index is 0.704. The Bertz CT molecular complexity index is 2840. The summed E-state index contributed by atoms with van der Waals surface area (Å²) in [5, 5.41) is 3.49. The predicted molar refractivity (Wildman–Crippen MR) is 219 cm³/mol. The highest BCUT2D eigenvalue weighted by molar-refractivity contribution is 6.22. The highest BCUT2D eigenvalue weighted by atomic mass is 15.0. The van der Waals surface area contributed by atoms with Crippen molar-refractivity contribution in [2.75, 3.05) is 0 Å². The smallest absolute Gasteiger partial charge is 0.160 e. The number of fused-ring (bicyclic) bond motifs is 5. The number of para-hydroxylation sites is 2. The maximum Gasteiger partial charge on any atom is 0.160 e. The van der Waals surface area contributed by atoms with Crippen LogP contribution >= 0.6 is 0 Å². The van der Waals surface area contributed by atoms with Gasteiger partial charge in [0.15, 0.2) is 5.82 Å². The first-order valence-electron chi connectivity index (χ1n) is 17.9. The van der Waals surface area contributed by atoms with E-state index in [1.165, 1.54) is 16.3 Å². The zero-order chi connectivity index (χ0) is 35.1. The molecule has 53 heavy (non-hydrogen) atoms. The van der Waals surface area contributed by atoms with Gasteiger partial charge in [0, 0.05) is 44.1 Å². The second-order valence-corrected chi connectivity index (χ2v) is 13.2. The Labute approximate surface area is 307 Å². The molecule has 0 aliphatic rings. The highest BCUT2D eigenvalue weighted by Gasteiger charge is 2.20. The van der Waals surface area contributed by atoms with Gasteiger partial charge in [0.1, 0.15) is 0 Å². The van der Waals surface area contributed by atoms with Gasteiger partial charge in [0.2, 0.25) is 0 Å². The van der Waals surface area contributed by atoms with Crippen molar-refractivity contribution in [3.05, 3.63) is 194 Å². The lowest BCUT2D eigenvalue weighted by Gasteiger charge is -2.13. The fourth-order valence-electron chi connectivity index (χ4n) is 7.46. The average Bonchev–Trinajstić information content (AvgIpc) is 3.60. The Hall–Kier alpha value is -7.17. The summed E-state index contributed by atoms with van der Waals surface area (Å²) in [5.74, 6) is 0.704. The molecular weight excluding hydrogens is 645 g/mol. The van der Waals surface area contributed by atoms with E-state index in [2.05, 4.69) is 162 Å². The van der Waals surface area contributed by atoms with E-state index < -0.39 is 0 Å². The number of hydrogen-bond donors (Lipinski definition) is 0. The van der Waals surface area contributed by atoms with Crippen molar-refractivity contribution in [3.8, 4) is 62.0 Å². The molecule has 4 nitrogen and oxygen atoms in total. The summed E-state index contributed by atoms with van der Waals surface area (Å²) in [6, 6.07) is 67.8. The first kappa shape index (κ1) is 30.6. The SMILES string of the molecule is c1ccc(-c2cc(-c3ccccc3)nc(-c3ccc(-c4ccc(-n5c6ccccc6c6c(-c7ccccc7)nc7ccccc7c65)cc4)cc3)n2)cc1. The van der Waals surface area contributed by atoms with Crippen molar-refractivity contribution in [3.63, 3.8) is 0 Å². The third-order valence-corrected chi connectivity index (χ3v) is 10.0. The van der Waals surface area contributed by atoms with Gasteiger partial charge in [0.25, 0.3) is 0 Å². The minimum atomic E-state index is 0.704. The molecule has 0 saturated heterocycles. The van der Waals surface area contributed by atoms with Crippen LogP contribution in [0.25, 0.3) is 94.7 Å². The van der Waals surface area contributed by atoms with E-state index in [4.69, 9.17) is 15.0 Å². The molecule has 0 amide bonds. The van der Waals surface area contributed by atoms with Crippen LogP contribution in [-0.4, -0.2) is 19.5 Å². The van der Waals surface area contributed by atoms with Crippen molar-refractivity contribution >= 4 is 32.7 Å². The molecule has 248 valence electrons. The number of nitrogens with zero attached hydrogens (tertiary/aromatic N) is 4. The molecule has 0 atom stereocenters. The van der Waals surface area contributed by atoms with E-state index in [0.717, 1.165) is 72.6 Å². The Morgan fingerprint density at radius 1 is 0.358 bits per heavy atom. The molecule has 0 spiro atoms. The summed E-state index contributed by atoms with van der Waals surface area (Å²) in [6.45, 7) is 0. The van der Waals surface area contributed by atoms with Gasteiger partial charge >= 0.3 is 0 Å². The van der Waals surface area contributed by atoms with Crippen LogP contribution in [0.1, 0.15) is 0 Å². The fourth-order valence-corrected chi connectivity index (χ4v) is 7.46. The molecule has 4 heteroatoms. The lowest BCUT2D eigenvalue weighted by Crippen LogP contribution is -1.96. The first-order chi connectivity index (χ1) is 26.3. The summed E-state index contributed by atoms with van der Waals surface area (Å²) < 4.78 is 2.40. The Morgan fingerprint density at radius 2 is 0.849 bits per heavy atom. The molecule has 0 aliphatic carbocycles. The predicted octanol–water partition coefficient (Wildman–Crippen LogP) is 12.5. The normalized spacial score (nSPS) is 11.4. The van der Waals surface area contributed by atoms with Gasteiger partial charge in [-0.05, 0) is 41.5 Å². The van der Waals surface area contributed by atoms with E-state index in [1.807, 2.05) is 36.4 Å². The zero-order valence-electron chi connectivity index (χ0n) is 28.8. The monoisotopic (exact) mass is 676 g/mol. The summed E-state index contributed by atoms with van der Waals surface area (Å²) >= 11 is 0. The molecule has 0 unspecified atom stereocenters. The lowest BCUT2D eigenvalue weighted by molar-refractivity contribution is 1.18. The zero-order valence-corrected chi connectivity index (χ0v) is 28.8.